The van der Waals surface area contributed by atoms with E-state index in [1.807, 2.05) is 6.07 Å². The van der Waals surface area contributed by atoms with Crippen LogP contribution in [0, 0.1) is 6.92 Å². The van der Waals surface area contributed by atoms with E-state index < -0.39 is 0 Å². The summed E-state index contributed by atoms with van der Waals surface area (Å²) in [5.74, 6) is 2.30. The van der Waals surface area contributed by atoms with Crippen molar-refractivity contribution in [3.05, 3.63) is 52.5 Å². The Morgan fingerprint density at radius 2 is 1.96 bits per heavy atom. The molecule has 0 spiro atoms. The lowest BCUT2D eigenvalue weighted by Crippen LogP contribution is -2.14. The molecular formula is C19H20ClNO3S. The van der Waals surface area contributed by atoms with Gasteiger partial charge in [-0.05, 0) is 12.5 Å². The third-order valence-electron chi connectivity index (χ3n) is 3.70. The molecule has 3 rings (SSSR count). The lowest BCUT2D eigenvalue weighted by atomic mass is 10.2. The van der Waals surface area contributed by atoms with Gasteiger partial charge in [-0.1, -0.05) is 41.4 Å². The Morgan fingerprint density at radius 1 is 1.20 bits per heavy atom. The molecule has 0 aromatic heterocycles. The van der Waals surface area contributed by atoms with Crippen molar-refractivity contribution < 1.29 is 14.3 Å². The molecule has 1 aliphatic rings. The summed E-state index contributed by atoms with van der Waals surface area (Å²) in [7, 11) is 0. The molecule has 6 heteroatoms. The minimum Gasteiger partial charge on any atom is -0.490 e. The van der Waals surface area contributed by atoms with E-state index >= 15 is 0 Å². The van der Waals surface area contributed by atoms with Crippen molar-refractivity contribution in [2.75, 3.05) is 24.3 Å². The highest BCUT2D eigenvalue weighted by molar-refractivity contribution is 7.99. The molecule has 4 nitrogen and oxygen atoms in total. The van der Waals surface area contributed by atoms with Gasteiger partial charge in [-0.15, -0.1) is 11.8 Å². The minimum absolute atomic E-state index is 0.0888. The highest BCUT2D eigenvalue weighted by Gasteiger charge is 2.15. The fourth-order valence-electron chi connectivity index (χ4n) is 2.53. The van der Waals surface area contributed by atoms with Gasteiger partial charge in [-0.25, -0.2) is 0 Å². The second-order valence-corrected chi connectivity index (χ2v) is 7.25. The molecule has 0 fully saturated rings. The number of hydrogen-bond donors (Lipinski definition) is 1. The molecule has 0 saturated carbocycles. The monoisotopic (exact) mass is 377 g/mol. The zero-order chi connectivity index (χ0) is 17.6. The Bertz CT molecular complexity index is 766. The molecule has 1 amide bonds. The number of ether oxygens (including phenoxy) is 2. The maximum absolute atomic E-state index is 12.2. The van der Waals surface area contributed by atoms with Crippen LogP contribution in [0.2, 0.25) is 5.02 Å². The SMILES string of the molecule is Cc1cccc(CSCC(=O)Nc2cc3c(cc2Cl)OCCCO3)c1. The summed E-state index contributed by atoms with van der Waals surface area (Å²) in [5, 5.41) is 3.30. The summed E-state index contributed by atoms with van der Waals surface area (Å²) >= 11 is 7.82. The summed E-state index contributed by atoms with van der Waals surface area (Å²) in [6.07, 6.45) is 0.823. The maximum atomic E-state index is 12.2. The van der Waals surface area contributed by atoms with Gasteiger partial charge >= 0.3 is 0 Å². The first-order valence-corrected chi connectivity index (χ1v) is 9.67. The van der Waals surface area contributed by atoms with Crippen molar-refractivity contribution in [3.8, 4) is 11.5 Å². The number of nitrogens with one attached hydrogen (secondary N) is 1. The molecule has 2 aromatic carbocycles. The molecule has 0 aliphatic carbocycles. The van der Waals surface area contributed by atoms with E-state index in [1.54, 1.807) is 23.9 Å². The topological polar surface area (TPSA) is 47.6 Å². The number of rotatable bonds is 5. The third kappa shape index (κ3) is 5.06. The molecule has 0 atom stereocenters. The highest BCUT2D eigenvalue weighted by atomic mass is 35.5. The zero-order valence-electron chi connectivity index (χ0n) is 14.0. The molecule has 0 unspecified atom stereocenters. The second-order valence-electron chi connectivity index (χ2n) is 5.86. The average Bonchev–Trinajstić information content (AvgIpc) is 2.80. The lowest BCUT2D eigenvalue weighted by molar-refractivity contribution is -0.113. The molecule has 132 valence electrons. The van der Waals surface area contributed by atoms with Crippen LogP contribution < -0.4 is 14.8 Å². The largest absolute Gasteiger partial charge is 0.490 e. The molecule has 1 aliphatic heterocycles. The number of amides is 1. The van der Waals surface area contributed by atoms with E-state index in [0.717, 1.165) is 12.2 Å². The molecule has 0 bridgehead atoms. The first kappa shape index (κ1) is 18.0. The Morgan fingerprint density at radius 3 is 2.72 bits per heavy atom. The number of anilines is 1. The first-order valence-electron chi connectivity index (χ1n) is 8.14. The molecule has 1 heterocycles. The summed E-state index contributed by atoms with van der Waals surface area (Å²) in [4.78, 5) is 12.2. The quantitative estimate of drug-likeness (QED) is 0.821. The third-order valence-corrected chi connectivity index (χ3v) is 5.01. The van der Waals surface area contributed by atoms with Crippen molar-refractivity contribution >= 4 is 35.0 Å². The number of carbonyl (C=O) groups excluding carboxylic acids is 1. The van der Waals surface area contributed by atoms with Crippen molar-refractivity contribution in [2.45, 2.75) is 19.1 Å². The van der Waals surface area contributed by atoms with Crippen LogP contribution in [0.3, 0.4) is 0 Å². The van der Waals surface area contributed by atoms with E-state index in [0.29, 0.717) is 41.2 Å². The standard InChI is InChI=1S/C19H20ClNO3S/c1-13-4-2-5-14(8-13)11-25-12-19(22)21-16-10-18-17(9-15(16)20)23-6-3-7-24-18/h2,4-5,8-10H,3,6-7,11-12H2,1H3,(H,21,22). The Kier molecular flexibility index (Phi) is 6.10. The van der Waals surface area contributed by atoms with Crippen LogP contribution in [0.25, 0.3) is 0 Å². The van der Waals surface area contributed by atoms with E-state index in [1.165, 1.54) is 11.1 Å². The molecule has 2 aromatic rings. The van der Waals surface area contributed by atoms with Crippen LogP contribution in [-0.2, 0) is 10.5 Å². The minimum atomic E-state index is -0.0888. The van der Waals surface area contributed by atoms with Crippen molar-refractivity contribution in [2.24, 2.45) is 0 Å². The van der Waals surface area contributed by atoms with Gasteiger partial charge in [-0.3, -0.25) is 4.79 Å². The number of fused-ring (bicyclic) bond motifs is 1. The zero-order valence-corrected chi connectivity index (χ0v) is 15.6. The van der Waals surface area contributed by atoms with Crippen LogP contribution in [0.5, 0.6) is 11.5 Å². The number of carbonyl (C=O) groups is 1. The van der Waals surface area contributed by atoms with Gasteiger partial charge in [0.25, 0.3) is 0 Å². The second kappa shape index (κ2) is 8.50. The maximum Gasteiger partial charge on any atom is 0.234 e. The van der Waals surface area contributed by atoms with Gasteiger partial charge in [0.05, 0.1) is 29.7 Å². The van der Waals surface area contributed by atoms with Crippen LogP contribution in [-0.4, -0.2) is 24.9 Å². The van der Waals surface area contributed by atoms with Gasteiger partial charge in [-0.2, -0.15) is 0 Å². The molecule has 25 heavy (non-hydrogen) atoms. The van der Waals surface area contributed by atoms with Gasteiger partial charge < -0.3 is 14.8 Å². The summed E-state index contributed by atoms with van der Waals surface area (Å²) < 4.78 is 11.2. The summed E-state index contributed by atoms with van der Waals surface area (Å²) in [5.41, 5.74) is 2.99. The molecular weight excluding hydrogens is 358 g/mol. The highest BCUT2D eigenvalue weighted by Crippen LogP contribution is 2.37. The number of aryl methyl sites for hydroxylation is 1. The van der Waals surface area contributed by atoms with Crippen LogP contribution in [0.4, 0.5) is 5.69 Å². The van der Waals surface area contributed by atoms with Gasteiger partial charge in [0, 0.05) is 24.3 Å². The number of thioether (sulfide) groups is 1. The average molecular weight is 378 g/mol. The fourth-order valence-corrected chi connectivity index (χ4v) is 3.51. The fraction of sp³-hybridized carbons (Fsp3) is 0.316. The first-order chi connectivity index (χ1) is 12.1. The van der Waals surface area contributed by atoms with Crippen molar-refractivity contribution in [1.29, 1.82) is 0 Å². The van der Waals surface area contributed by atoms with E-state index in [2.05, 4.69) is 30.4 Å². The number of halogens is 1. The predicted octanol–water partition coefficient (Wildman–Crippen LogP) is 4.68. The number of hydrogen-bond acceptors (Lipinski definition) is 4. The predicted molar refractivity (Wildman–Crippen MR) is 103 cm³/mol. The Hall–Kier alpha value is -1.85. The summed E-state index contributed by atoms with van der Waals surface area (Å²) in [6.45, 7) is 3.26. The molecule has 0 radical (unpaired) electrons. The van der Waals surface area contributed by atoms with Crippen LogP contribution >= 0.6 is 23.4 Å². The van der Waals surface area contributed by atoms with E-state index in [4.69, 9.17) is 21.1 Å². The van der Waals surface area contributed by atoms with Gasteiger partial charge in [0.2, 0.25) is 5.91 Å². The Balaban J connectivity index is 1.56. The van der Waals surface area contributed by atoms with E-state index in [9.17, 15) is 4.79 Å². The van der Waals surface area contributed by atoms with Crippen molar-refractivity contribution in [3.63, 3.8) is 0 Å². The van der Waals surface area contributed by atoms with Gasteiger partial charge in [0.1, 0.15) is 0 Å². The van der Waals surface area contributed by atoms with Crippen LogP contribution in [0.15, 0.2) is 36.4 Å². The van der Waals surface area contributed by atoms with E-state index in [-0.39, 0.29) is 5.91 Å². The van der Waals surface area contributed by atoms with Crippen molar-refractivity contribution in [1.82, 2.24) is 0 Å². The van der Waals surface area contributed by atoms with Crippen LogP contribution in [0.1, 0.15) is 17.5 Å². The van der Waals surface area contributed by atoms with Gasteiger partial charge in [0.15, 0.2) is 11.5 Å². The molecule has 1 N–H and O–H groups in total. The normalized spacial score (nSPS) is 13.2. The molecule has 0 saturated heterocycles. The summed E-state index contributed by atoms with van der Waals surface area (Å²) in [6, 6.07) is 11.7. The number of benzene rings is 2. The lowest BCUT2D eigenvalue weighted by Gasteiger charge is -2.12. The Labute approximate surface area is 156 Å². The smallest absolute Gasteiger partial charge is 0.234 e.